The van der Waals surface area contributed by atoms with Crippen LogP contribution in [-0.2, 0) is 19.1 Å². The number of hydrogen-bond acceptors (Lipinski definition) is 10. The number of nitrogens with one attached hydrogen (secondary N) is 4. The Labute approximate surface area is 208 Å². The van der Waals surface area contributed by atoms with Gasteiger partial charge in [0.15, 0.2) is 0 Å². The molecule has 0 atom stereocenters. The summed E-state index contributed by atoms with van der Waals surface area (Å²) in [4.78, 5) is 33.6. The van der Waals surface area contributed by atoms with E-state index in [1.807, 2.05) is 27.7 Å². The summed E-state index contributed by atoms with van der Waals surface area (Å²) in [5, 5.41) is 36.6. The van der Waals surface area contributed by atoms with E-state index >= 15 is 0 Å². The lowest BCUT2D eigenvalue weighted by Crippen LogP contribution is -2.47. The number of carbonyl (C=O) groups is 3. The number of aldehydes is 1. The molecule has 0 aromatic heterocycles. The van der Waals surface area contributed by atoms with Crippen molar-refractivity contribution in [2.75, 3.05) is 39.4 Å². The van der Waals surface area contributed by atoms with E-state index in [0.717, 1.165) is 19.3 Å². The van der Waals surface area contributed by atoms with E-state index in [1.165, 1.54) is 0 Å². The van der Waals surface area contributed by atoms with Gasteiger partial charge in [-0.2, -0.15) is 0 Å². The zero-order chi connectivity index (χ0) is 26.9. The third kappa shape index (κ3) is 14.4. The minimum absolute atomic E-state index is 0.0907. The SMILES string of the molecule is C/C(=N/O)C(C)(C)NCCC(CCNC(=O)COCC(=O)NCC=O)CCNC(C)(C)/C(C)=N\O. The van der Waals surface area contributed by atoms with Gasteiger partial charge in [-0.1, -0.05) is 10.3 Å². The number of carbonyl (C=O) groups excluding carboxylic acids is 3. The highest BCUT2D eigenvalue weighted by Crippen LogP contribution is 2.15. The van der Waals surface area contributed by atoms with Gasteiger partial charge >= 0.3 is 0 Å². The van der Waals surface area contributed by atoms with Gasteiger partial charge in [-0.3, -0.25) is 9.59 Å². The Hall–Kier alpha value is -2.57. The fourth-order valence-electron chi connectivity index (χ4n) is 3.03. The van der Waals surface area contributed by atoms with Gasteiger partial charge in [-0.15, -0.1) is 0 Å². The van der Waals surface area contributed by atoms with Gasteiger partial charge < -0.3 is 41.2 Å². The number of nitrogens with zero attached hydrogens (tertiary/aromatic N) is 2. The molecule has 0 saturated carbocycles. The Morgan fingerprint density at radius 3 is 1.69 bits per heavy atom. The summed E-state index contributed by atoms with van der Waals surface area (Å²) >= 11 is 0. The molecular formula is C23H44N6O6. The van der Waals surface area contributed by atoms with E-state index in [1.54, 1.807) is 13.8 Å². The van der Waals surface area contributed by atoms with E-state index < -0.39 is 17.0 Å². The quantitative estimate of drug-likeness (QED) is 0.0649. The van der Waals surface area contributed by atoms with Crippen molar-refractivity contribution < 1.29 is 29.5 Å². The lowest BCUT2D eigenvalue weighted by molar-refractivity contribution is -0.131. The zero-order valence-electron chi connectivity index (χ0n) is 21.9. The summed E-state index contributed by atoms with van der Waals surface area (Å²) in [6.45, 7) is 12.5. The number of oxime groups is 2. The molecule has 0 unspecified atom stereocenters. The smallest absolute Gasteiger partial charge is 0.246 e. The summed E-state index contributed by atoms with van der Waals surface area (Å²) in [5.74, 6) is -0.511. The van der Waals surface area contributed by atoms with Crippen LogP contribution in [-0.4, -0.2) is 90.4 Å². The molecule has 0 aliphatic heterocycles. The summed E-state index contributed by atoms with van der Waals surface area (Å²) < 4.78 is 5.06. The molecule has 202 valence electrons. The molecule has 35 heavy (non-hydrogen) atoms. The van der Waals surface area contributed by atoms with E-state index in [4.69, 9.17) is 15.2 Å². The van der Waals surface area contributed by atoms with Crippen molar-refractivity contribution in [3.63, 3.8) is 0 Å². The Kier molecular flexibility index (Phi) is 15.7. The third-order valence-electron chi connectivity index (χ3n) is 6.07. The van der Waals surface area contributed by atoms with Crippen LogP contribution >= 0.6 is 0 Å². The van der Waals surface area contributed by atoms with E-state index in [9.17, 15) is 14.4 Å². The molecule has 0 fully saturated rings. The van der Waals surface area contributed by atoms with Gasteiger partial charge in [0.05, 0.1) is 29.0 Å². The second-order valence-corrected chi connectivity index (χ2v) is 9.52. The molecule has 0 aliphatic carbocycles. The molecule has 0 bridgehead atoms. The Morgan fingerprint density at radius 2 is 1.26 bits per heavy atom. The molecule has 12 nitrogen and oxygen atoms in total. The van der Waals surface area contributed by atoms with Gasteiger partial charge in [0.1, 0.15) is 19.5 Å². The Bertz CT molecular complexity index is 687. The summed E-state index contributed by atoms with van der Waals surface area (Å²) in [6, 6.07) is 0. The molecule has 0 spiro atoms. The van der Waals surface area contributed by atoms with Crippen LogP contribution in [0.2, 0.25) is 0 Å². The van der Waals surface area contributed by atoms with Crippen LogP contribution in [0.25, 0.3) is 0 Å². The standard InChI is InChI=1S/C23H44N6O6/c1-17(28-33)22(3,4)26-11-8-19(9-12-27-23(5,6)18(2)29-34)7-10-24-20(31)15-35-16-21(32)25-13-14-30/h14,19,26-27,33-34H,7-13,15-16H2,1-6H3,(H,24,31)(H,25,32)/b28-17-,29-18-. The molecule has 0 rings (SSSR count). The molecule has 0 aromatic rings. The first-order valence-electron chi connectivity index (χ1n) is 11.8. The third-order valence-corrected chi connectivity index (χ3v) is 6.07. The highest BCUT2D eigenvalue weighted by molar-refractivity contribution is 5.90. The van der Waals surface area contributed by atoms with Gasteiger partial charge in [0, 0.05) is 6.54 Å². The molecule has 0 radical (unpaired) electrons. The largest absolute Gasteiger partial charge is 0.411 e. The van der Waals surface area contributed by atoms with Crippen LogP contribution < -0.4 is 21.3 Å². The molecular weight excluding hydrogens is 456 g/mol. The number of rotatable bonds is 19. The fraction of sp³-hybridized carbons (Fsp3) is 0.783. The lowest BCUT2D eigenvalue weighted by atomic mass is 9.94. The van der Waals surface area contributed by atoms with E-state index in [0.29, 0.717) is 37.3 Å². The fourth-order valence-corrected chi connectivity index (χ4v) is 3.03. The van der Waals surface area contributed by atoms with Crippen molar-refractivity contribution in [3.8, 4) is 0 Å². The number of hydrogen-bond donors (Lipinski definition) is 6. The van der Waals surface area contributed by atoms with Crippen LogP contribution in [0.15, 0.2) is 10.3 Å². The highest BCUT2D eigenvalue weighted by Gasteiger charge is 2.23. The van der Waals surface area contributed by atoms with Gasteiger partial charge in [0.25, 0.3) is 0 Å². The van der Waals surface area contributed by atoms with Crippen molar-refractivity contribution in [2.45, 2.75) is 71.9 Å². The molecule has 0 aromatic carbocycles. The van der Waals surface area contributed by atoms with E-state index in [-0.39, 0.29) is 31.6 Å². The second-order valence-electron chi connectivity index (χ2n) is 9.52. The van der Waals surface area contributed by atoms with Crippen molar-refractivity contribution in [1.29, 1.82) is 0 Å². The first kappa shape index (κ1) is 32.4. The minimum Gasteiger partial charge on any atom is -0.411 e. The maximum absolute atomic E-state index is 12.0. The normalized spacial score (nSPS) is 13.9. The molecule has 12 heteroatoms. The van der Waals surface area contributed by atoms with Gasteiger partial charge in [0.2, 0.25) is 11.8 Å². The Balaban J connectivity index is 4.67. The monoisotopic (exact) mass is 500 g/mol. The average molecular weight is 501 g/mol. The summed E-state index contributed by atoms with van der Waals surface area (Å²) in [6.07, 6.45) is 2.97. The van der Waals surface area contributed by atoms with Gasteiger partial charge in [-0.05, 0) is 79.8 Å². The molecule has 0 saturated heterocycles. The Morgan fingerprint density at radius 1 is 0.829 bits per heavy atom. The van der Waals surface area contributed by atoms with Gasteiger partial charge in [-0.25, -0.2) is 0 Å². The maximum Gasteiger partial charge on any atom is 0.246 e. The van der Waals surface area contributed by atoms with Crippen molar-refractivity contribution in [3.05, 3.63) is 0 Å². The highest BCUT2D eigenvalue weighted by atomic mass is 16.5. The molecule has 2 amide bonds. The van der Waals surface area contributed by atoms with Crippen LogP contribution in [0.1, 0.15) is 60.8 Å². The number of amides is 2. The second kappa shape index (κ2) is 17.0. The van der Waals surface area contributed by atoms with Crippen LogP contribution in [0.3, 0.4) is 0 Å². The minimum atomic E-state index is -0.459. The lowest BCUT2D eigenvalue weighted by Gasteiger charge is -2.28. The van der Waals surface area contributed by atoms with E-state index in [2.05, 4.69) is 31.6 Å². The van der Waals surface area contributed by atoms with Crippen LogP contribution in [0, 0.1) is 5.92 Å². The first-order chi connectivity index (χ1) is 16.4. The summed E-state index contributed by atoms with van der Waals surface area (Å²) in [5.41, 5.74) is 0.280. The van der Waals surface area contributed by atoms with Crippen LogP contribution in [0.5, 0.6) is 0 Å². The molecule has 6 N–H and O–H groups in total. The molecule has 0 heterocycles. The van der Waals surface area contributed by atoms with Crippen LogP contribution in [0.4, 0.5) is 0 Å². The van der Waals surface area contributed by atoms with Crippen molar-refractivity contribution in [2.24, 2.45) is 16.2 Å². The average Bonchev–Trinajstić information content (AvgIpc) is 2.80. The zero-order valence-corrected chi connectivity index (χ0v) is 21.9. The number of ether oxygens (including phenoxy) is 1. The summed E-state index contributed by atoms with van der Waals surface area (Å²) in [7, 11) is 0. The topological polar surface area (TPSA) is 174 Å². The maximum atomic E-state index is 12.0. The molecule has 0 aliphatic rings. The first-order valence-corrected chi connectivity index (χ1v) is 11.8. The predicted molar refractivity (Wildman–Crippen MR) is 134 cm³/mol. The van der Waals surface area contributed by atoms with Crippen molar-refractivity contribution in [1.82, 2.24) is 21.3 Å². The predicted octanol–water partition coefficient (Wildman–Crippen LogP) is 0.657. The van der Waals surface area contributed by atoms with Crippen molar-refractivity contribution >= 4 is 29.5 Å².